The normalized spacial score (nSPS) is 12.4. The summed E-state index contributed by atoms with van der Waals surface area (Å²) < 4.78 is 0. The van der Waals surface area contributed by atoms with Gasteiger partial charge in [-0.25, -0.2) is 9.97 Å². The van der Waals surface area contributed by atoms with E-state index in [2.05, 4.69) is 20.3 Å². The van der Waals surface area contributed by atoms with E-state index in [0.717, 1.165) is 22.8 Å². The lowest BCUT2D eigenvalue weighted by atomic mass is 10.3. The molecule has 5 nitrogen and oxygen atoms in total. The fourth-order valence-corrected chi connectivity index (χ4v) is 1.99. The first kappa shape index (κ1) is 11.9. The van der Waals surface area contributed by atoms with Crippen LogP contribution in [0.3, 0.4) is 0 Å². The molecule has 0 aliphatic heterocycles. The fourth-order valence-electron chi connectivity index (χ4n) is 1.38. The van der Waals surface area contributed by atoms with Gasteiger partial charge in [0, 0.05) is 24.5 Å². The molecule has 0 bridgehead atoms. The van der Waals surface area contributed by atoms with E-state index in [1.165, 1.54) is 17.7 Å². The quantitative estimate of drug-likeness (QED) is 0.844. The molecular formula is C11H14N4OS. The number of anilines is 1. The zero-order valence-corrected chi connectivity index (χ0v) is 10.3. The van der Waals surface area contributed by atoms with Crippen LogP contribution in [0, 0.1) is 0 Å². The molecular weight excluding hydrogens is 236 g/mol. The highest BCUT2D eigenvalue weighted by atomic mass is 32.1. The number of aromatic nitrogens is 3. The summed E-state index contributed by atoms with van der Waals surface area (Å²) in [6, 6.07) is 1.89. The van der Waals surface area contributed by atoms with Gasteiger partial charge in [0.05, 0.1) is 10.4 Å². The molecule has 0 spiro atoms. The summed E-state index contributed by atoms with van der Waals surface area (Å²) in [4.78, 5) is 13.0. The van der Waals surface area contributed by atoms with Crippen LogP contribution in [0.4, 0.5) is 5.82 Å². The van der Waals surface area contributed by atoms with Crippen LogP contribution in [0.25, 0.3) is 0 Å². The summed E-state index contributed by atoms with van der Waals surface area (Å²) in [7, 11) is 0. The third-order valence-electron chi connectivity index (χ3n) is 2.34. The van der Waals surface area contributed by atoms with Crippen LogP contribution in [-0.4, -0.2) is 26.6 Å². The maximum Gasteiger partial charge on any atom is 0.129 e. The van der Waals surface area contributed by atoms with Gasteiger partial charge < -0.3 is 10.4 Å². The van der Waals surface area contributed by atoms with E-state index in [-0.39, 0.29) is 0 Å². The number of aryl methyl sites for hydroxylation is 1. The monoisotopic (exact) mass is 250 g/mol. The van der Waals surface area contributed by atoms with Crippen molar-refractivity contribution in [2.24, 2.45) is 0 Å². The first-order valence-electron chi connectivity index (χ1n) is 5.41. The number of thiazole rings is 1. The van der Waals surface area contributed by atoms with Gasteiger partial charge in [0.2, 0.25) is 0 Å². The highest BCUT2D eigenvalue weighted by Crippen LogP contribution is 2.17. The number of hydrogen-bond acceptors (Lipinski definition) is 6. The topological polar surface area (TPSA) is 70.9 Å². The molecule has 0 saturated carbocycles. The minimum atomic E-state index is -0.553. The molecule has 2 aromatic rings. The van der Waals surface area contributed by atoms with Crippen molar-refractivity contribution in [3.8, 4) is 0 Å². The van der Waals surface area contributed by atoms with E-state index in [9.17, 15) is 5.11 Å². The van der Waals surface area contributed by atoms with Crippen molar-refractivity contribution in [3.05, 3.63) is 34.7 Å². The molecule has 0 saturated heterocycles. The van der Waals surface area contributed by atoms with Gasteiger partial charge in [0.1, 0.15) is 18.2 Å². The zero-order valence-electron chi connectivity index (χ0n) is 9.50. The molecule has 0 aliphatic carbocycles. The zero-order chi connectivity index (χ0) is 12.1. The number of aliphatic hydroxyl groups is 1. The van der Waals surface area contributed by atoms with Crippen molar-refractivity contribution in [2.75, 3.05) is 11.9 Å². The van der Waals surface area contributed by atoms with Crippen molar-refractivity contribution >= 4 is 17.2 Å². The Morgan fingerprint density at radius 3 is 3.06 bits per heavy atom. The summed E-state index contributed by atoms with van der Waals surface area (Å²) in [6.45, 7) is 2.46. The first-order valence-corrected chi connectivity index (χ1v) is 6.28. The van der Waals surface area contributed by atoms with Crippen molar-refractivity contribution in [3.63, 3.8) is 0 Å². The lowest BCUT2D eigenvalue weighted by molar-refractivity contribution is 0.195. The average molecular weight is 250 g/mol. The van der Waals surface area contributed by atoms with Gasteiger partial charge in [0.15, 0.2) is 0 Å². The molecule has 2 N–H and O–H groups in total. The van der Waals surface area contributed by atoms with Gasteiger partial charge in [-0.2, -0.15) is 0 Å². The first-order chi connectivity index (χ1) is 8.29. The van der Waals surface area contributed by atoms with Crippen molar-refractivity contribution in [2.45, 2.75) is 19.4 Å². The Kier molecular flexibility index (Phi) is 4.00. The Morgan fingerprint density at radius 1 is 1.47 bits per heavy atom. The largest absolute Gasteiger partial charge is 0.386 e. The minimum absolute atomic E-state index is 0.419. The molecule has 2 aromatic heterocycles. The second-order valence-corrected chi connectivity index (χ2v) is 4.47. The summed E-state index contributed by atoms with van der Waals surface area (Å²) >= 11 is 1.44. The molecule has 6 heteroatoms. The Bertz CT molecular complexity index is 460. The van der Waals surface area contributed by atoms with Gasteiger partial charge in [-0.3, -0.25) is 4.98 Å². The van der Waals surface area contributed by atoms with E-state index in [1.807, 2.05) is 13.0 Å². The van der Waals surface area contributed by atoms with Crippen LogP contribution >= 0.6 is 11.3 Å². The van der Waals surface area contributed by atoms with Gasteiger partial charge in [-0.15, -0.1) is 11.3 Å². The van der Waals surface area contributed by atoms with E-state index < -0.39 is 6.10 Å². The Morgan fingerprint density at radius 2 is 2.35 bits per heavy atom. The smallest absolute Gasteiger partial charge is 0.129 e. The van der Waals surface area contributed by atoms with Crippen molar-refractivity contribution in [1.82, 2.24) is 15.0 Å². The third-order valence-corrected chi connectivity index (χ3v) is 3.22. The maximum atomic E-state index is 9.86. The van der Waals surface area contributed by atoms with Crippen LogP contribution in [0.2, 0.25) is 0 Å². The lowest BCUT2D eigenvalue weighted by Crippen LogP contribution is -2.12. The lowest BCUT2D eigenvalue weighted by Gasteiger charge is -2.10. The van der Waals surface area contributed by atoms with E-state index in [0.29, 0.717) is 6.54 Å². The molecule has 0 aromatic carbocycles. The predicted molar refractivity (Wildman–Crippen MR) is 67.0 cm³/mol. The highest BCUT2D eigenvalue weighted by Gasteiger charge is 2.09. The Labute approximate surface area is 104 Å². The second kappa shape index (κ2) is 5.70. The van der Waals surface area contributed by atoms with Crippen molar-refractivity contribution < 1.29 is 5.11 Å². The molecule has 90 valence electrons. The standard InChI is InChI=1S/C11H14N4OS/c1-2-8-3-11(15-6-14-8)13-4-9(16)10-5-12-7-17-10/h3,5-7,9,16H,2,4H2,1H3,(H,13,14,15)/t9-/m0/s1. The van der Waals surface area contributed by atoms with Gasteiger partial charge in [0.25, 0.3) is 0 Å². The summed E-state index contributed by atoms with van der Waals surface area (Å²) in [6.07, 6.45) is 3.52. The summed E-state index contributed by atoms with van der Waals surface area (Å²) in [5, 5.41) is 12.9. The Hall–Kier alpha value is -1.53. The molecule has 0 fully saturated rings. The van der Waals surface area contributed by atoms with Gasteiger partial charge >= 0.3 is 0 Å². The molecule has 0 amide bonds. The molecule has 0 unspecified atom stereocenters. The molecule has 2 heterocycles. The summed E-state index contributed by atoms with van der Waals surface area (Å²) in [5.41, 5.74) is 2.69. The number of hydrogen-bond donors (Lipinski definition) is 2. The number of aliphatic hydroxyl groups excluding tert-OH is 1. The molecule has 2 rings (SSSR count). The van der Waals surface area contributed by atoms with Gasteiger partial charge in [-0.1, -0.05) is 6.92 Å². The van der Waals surface area contributed by atoms with Crippen molar-refractivity contribution in [1.29, 1.82) is 0 Å². The van der Waals surface area contributed by atoms with Gasteiger partial charge in [-0.05, 0) is 6.42 Å². The molecule has 17 heavy (non-hydrogen) atoms. The maximum absolute atomic E-state index is 9.86. The predicted octanol–water partition coefficient (Wildman–Crippen LogP) is 1.64. The second-order valence-electron chi connectivity index (χ2n) is 3.55. The van der Waals surface area contributed by atoms with Crippen LogP contribution in [-0.2, 0) is 6.42 Å². The molecule has 0 radical (unpaired) electrons. The van der Waals surface area contributed by atoms with Crippen LogP contribution < -0.4 is 5.32 Å². The van der Waals surface area contributed by atoms with E-state index >= 15 is 0 Å². The minimum Gasteiger partial charge on any atom is -0.386 e. The Balaban J connectivity index is 1.93. The number of nitrogens with zero attached hydrogens (tertiary/aromatic N) is 3. The fraction of sp³-hybridized carbons (Fsp3) is 0.364. The molecule has 1 atom stereocenters. The average Bonchev–Trinajstić information content (AvgIpc) is 2.90. The molecule has 0 aliphatic rings. The SMILES string of the molecule is CCc1cc(NC[C@H](O)c2cncs2)ncn1. The van der Waals surface area contributed by atoms with Crippen LogP contribution in [0.1, 0.15) is 23.6 Å². The highest BCUT2D eigenvalue weighted by molar-refractivity contribution is 7.09. The summed E-state index contributed by atoms with van der Waals surface area (Å²) in [5.74, 6) is 0.736. The third kappa shape index (κ3) is 3.21. The van der Waals surface area contributed by atoms with E-state index in [1.54, 1.807) is 11.7 Å². The number of nitrogens with one attached hydrogen (secondary N) is 1. The van der Waals surface area contributed by atoms with Crippen LogP contribution in [0.5, 0.6) is 0 Å². The number of rotatable bonds is 5. The van der Waals surface area contributed by atoms with Crippen LogP contribution in [0.15, 0.2) is 24.1 Å². The van der Waals surface area contributed by atoms with E-state index in [4.69, 9.17) is 0 Å².